The topological polar surface area (TPSA) is 87.8 Å². The van der Waals surface area contributed by atoms with Crippen molar-refractivity contribution in [3.05, 3.63) is 53.3 Å². The van der Waals surface area contributed by atoms with E-state index in [2.05, 4.69) is 10.2 Å². The SMILES string of the molecule is CC(c1ccc(C(=O)O)cc1)N1N=C(c2ccnn2C)CC1=O. The Kier molecular flexibility index (Phi) is 3.69. The standard InChI is InChI=1S/C16H16N4O3/c1-10(11-3-5-12(6-4-11)16(22)23)20-15(21)9-13(18-20)14-7-8-17-19(14)2/h3-8,10H,9H2,1-2H3,(H,22,23). The van der Waals surface area contributed by atoms with Crippen LogP contribution in [-0.4, -0.2) is 37.5 Å². The van der Waals surface area contributed by atoms with Gasteiger partial charge in [0, 0.05) is 13.2 Å². The number of nitrogens with zero attached hydrogens (tertiary/aromatic N) is 4. The highest BCUT2D eigenvalue weighted by atomic mass is 16.4. The number of carbonyl (C=O) groups is 2. The summed E-state index contributed by atoms with van der Waals surface area (Å²) >= 11 is 0. The third-order valence-corrected chi connectivity index (χ3v) is 3.93. The second-order valence-corrected chi connectivity index (χ2v) is 5.40. The lowest BCUT2D eigenvalue weighted by atomic mass is 10.1. The molecule has 0 bridgehead atoms. The van der Waals surface area contributed by atoms with E-state index in [-0.39, 0.29) is 23.9 Å². The summed E-state index contributed by atoms with van der Waals surface area (Å²) in [6, 6.07) is 8.02. The number of aromatic carboxylic acids is 1. The molecule has 1 unspecified atom stereocenters. The smallest absolute Gasteiger partial charge is 0.335 e. The normalized spacial score (nSPS) is 15.7. The number of aromatic nitrogens is 2. The van der Waals surface area contributed by atoms with Crippen LogP contribution in [0.2, 0.25) is 0 Å². The van der Waals surface area contributed by atoms with Crippen LogP contribution in [0.1, 0.15) is 41.0 Å². The molecule has 1 aliphatic rings. The van der Waals surface area contributed by atoms with Gasteiger partial charge in [0.1, 0.15) is 0 Å². The predicted molar refractivity (Wildman–Crippen MR) is 83.0 cm³/mol. The number of aryl methyl sites for hydroxylation is 1. The quantitative estimate of drug-likeness (QED) is 0.932. The number of amides is 1. The highest BCUT2D eigenvalue weighted by Crippen LogP contribution is 2.26. The molecule has 1 amide bonds. The zero-order chi connectivity index (χ0) is 16.6. The summed E-state index contributed by atoms with van der Waals surface area (Å²) in [5.74, 6) is -1.06. The summed E-state index contributed by atoms with van der Waals surface area (Å²) in [4.78, 5) is 23.2. The molecule has 0 saturated carbocycles. The van der Waals surface area contributed by atoms with E-state index < -0.39 is 5.97 Å². The van der Waals surface area contributed by atoms with Gasteiger partial charge in [-0.1, -0.05) is 12.1 Å². The van der Waals surface area contributed by atoms with Crippen LogP contribution >= 0.6 is 0 Å². The van der Waals surface area contributed by atoms with Gasteiger partial charge in [0.05, 0.1) is 29.4 Å². The van der Waals surface area contributed by atoms with Crippen LogP contribution in [0, 0.1) is 0 Å². The van der Waals surface area contributed by atoms with Gasteiger partial charge in [-0.3, -0.25) is 9.48 Å². The van der Waals surface area contributed by atoms with Crippen LogP contribution in [0.4, 0.5) is 0 Å². The van der Waals surface area contributed by atoms with Crippen molar-refractivity contribution in [3.8, 4) is 0 Å². The molecule has 0 spiro atoms. The Morgan fingerprint density at radius 3 is 2.52 bits per heavy atom. The summed E-state index contributed by atoms with van der Waals surface area (Å²) in [5.41, 5.74) is 2.55. The van der Waals surface area contributed by atoms with Crippen molar-refractivity contribution in [1.82, 2.24) is 14.8 Å². The van der Waals surface area contributed by atoms with Crippen molar-refractivity contribution in [3.63, 3.8) is 0 Å². The molecule has 1 aliphatic heterocycles. The minimum absolute atomic E-state index is 0.0870. The van der Waals surface area contributed by atoms with Crippen molar-refractivity contribution in [1.29, 1.82) is 0 Å². The Morgan fingerprint density at radius 2 is 1.96 bits per heavy atom. The van der Waals surface area contributed by atoms with E-state index in [0.717, 1.165) is 11.3 Å². The van der Waals surface area contributed by atoms with E-state index >= 15 is 0 Å². The first-order valence-corrected chi connectivity index (χ1v) is 7.18. The Bertz CT molecular complexity index is 792. The molecule has 1 aromatic carbocycles. The summed E-state index contributed by atoms with van der Waals surface area (Å²) < 4.78 is 1.68. The van der Waals surface area contributed by atoms with Crippen LogP contribution < -0.4 is 0 Å². The van der Waals surface area contributed by atoms with E-state index in [1.807, 2.05) is 13.0 Å². The number of carbonyl (C=O) groups excluding carboxylic acids is 1. The zero-order valence-corrected chi connectivity index (χ0v) is 12.8. The molecule has 0 aliphatic carbocycles. The molecule has 1 aromatic heterocycles. The van der Waals surface area contributed by atoms with Crippen LogP contribution in [0.3, 0.4) is 0 Å². The maximum absolute atomic E-state index is 12.3. The van der Waals surface area contributed by atoms with Gasteiger partial charge in [0.15, 0.2) is 0 Å². The first-order valence-electron chi connectivity index (χ1n) is 7.18. The molecule has 2 aromatic rings. The van der Waals surface area contributed by atoms with Gasteiger partial charge < -0.3 is 5.11 Å². The summed E-state index contributed by atoms with van der Waals surface area (Å²) in [6.45, 7) is 1.86. The Balaban J connectivity index is 1.85. The first kappa shape index (κ1) is 15.0. The minimum Gasteiger partial charge on any atom is -0.478 e. The van der Waals surface area contributed by atoms with Gasteiger partial charge in [-0.2, -0.15) is 10.2 Å². The molecule has 0 saturated heterocycles. The van der Waals surface area contributed by atoms with Crippen molar-refractivity contribution < 1.29 is 14.7 Å². The van der Waals surface area contributed by atoms with Gasteiger partial charge in [-0.15, -0.1) is 0 Å². The second-order valence-electron chi connectivity index (χ2n) is 5.40. The molecule has 2 heterocycles. The van der Waals surface area contributed by atoms with E-state index in [1.165, 1.54) is 17.1 Å². The summed E-state index contributed by atoms with van der Waals surface area (Å²) in [5, 5.41) is 18.9. The van der Waals surface area contributed by atoms with Gasteiger partial charge >= 0.3 is 5.97 Å². The lowest BCUT2D eigenvalue weighted by Gasteiger charge is -2.21. The van der Waals surface area contributed by atoms with Crippen molar-refractivity contribution >= 4 is 17.6 Å². The summed E-state index contributed by atoms with van der Waals surface area (Å²) in [6.07, 6.45) is 1.90. The average Bonchev–Trinajstić information content (AvgIpc) is 3.12. The van der Waals surface area contributed by atoms with E-state index in [9.17, 15) is 9.59 Å². The van der Waals surface area contributed by atoms with Gasteiger partial charge in [0.25, 0.3) is 0 Å². The highest BCUT2D eigenvalue weighted by Gasteiger charge is 2.30. The Hall–Kier alpha value is -2.96. The van der Waals surface area contributed by atoms with Gasteiger partial charge in [0.2, 0.25) is 5.91 Å². The molecule has 7 nitrogen and oxygen atoms in total. The zero-order valence-electron chi connectivity index (χ0n) is 12.8. The Labute approximate surface area is 132 Å². The number of hydrazone groups is 1. The van der Waals surface area contributed by atoms with Crippen molar-refractivity contribution in [2.75, 3.05) is 0 Å². The molecule has 0 fully saturated rings. The molecule has 7 heteroatoms. The molecular weight excluding hydrogens is 296 g/mol. The third kappa shape index (κ3) is 2.73. The maximum atomic E-state index is 12.3. The monoisotopic (exact) mass is 312 g/mol. The van der Waals surface area contributed by atoms with Crippen LogP contribution in [0.15, 0.2) is 41.6 Å². The van der Waals surface area contributed by atoms with E-state index in [0.29, 0.717) is 5.71 Å². The molecule has 1 atom stereocenters. The number of hydrogen-bond acceptors (Lipinski definition) is 4. The molecule has 1 N–H and O–H groups in total. The fourth-order valence-electron chi connectivity index (χ4n) is 2.59. The van der Waals surface area contributed by atoms with Gasteiger partial charge in [-0.25, -0.2) is 9.80 Å². The van der Waals surface area contributed by atoms with Crippen LogP contribution in [-0.2, 0) is 11.8 Å². The fraction of sp³-hybridized carbons (Fsp3) is 0.250. The molecule has 118 valence electrons. The van der Waals surface area contributed by atoms with E-state index in [1.54, 1.807) is 30.1 Å². The predicted octanol–water partition coefficient (Wildman–Crippen LogP) is 1.82. The molecule has 0 radical (unpaired) electrons. The molecule has 3 rings (SSSR count). The van der Waals surface area contributed by atoms with Crippen molar-refractivity contribution in [2.45, 2.75) is 19.4 Å². The van der Waals surface area contributed by atoms with Crippen LogP contribution in [0.25, 0.3) is 0 Å². The molecule has 23 heavy (non-hydrogen) atoms. The third-order valence-electron chi connectivity index (χ3n) is 3.93. The highest BCUT2D eigenvalue weighted by molar-refractivity contribution is 6.12. The largest absolute Gasteiger partial charge is 0.478 e. The minimum atomic E-state index is -0.974. The number of hydrogen-bond donors (Lipinski definition) is 1. The lowest BCUT2D eigenvalue weighted by Crippen LogP contribution is -2.24. The fourth-order valence-corrected chi connectivity index (χ4v) is 2.59. The summed E-state index contributed by atoms with van der Waals surface area (Å²) in [7, 11) is 1.80. The number of rotatable bonds is 4. The Morgan fingerprint density at radius 1 is 1.26 bits per heavy atom. The first-order chi connectivity index (χ1) is 11.0. The number of carboxylic acid groups (broad SMARTS) is 1. The lowest BCUT2D eigenvalue weighted by molar-refractivity contribution is -0.130. The number of benzene rings is 1. The van der Waals surface area contributed by atoms with E-state index in [4.69, 9.17) is 5.11 Å². The van der Waals surface area contributed by atoms with Crippen LogP contribution in [0.5, 0.6) is 0 Å². The second kappa shape index (κ2) is 5.68. The van der Waals surface area contributed by atoms with Crippen molar-refractivity contribution in [2.24, 2.45) is 12.1 Å². The number of carboxylic acids is 1. The van der Waals surface area contributed by atoms with Gasteiger partial charge in [-0.05, 0) is 30.7 Å². The maximum Gasteiger partial charge on any atom is 0.335 e. The average molecular weight is 312 g/mol. The molecular formula is C16H16N4O3.